The van der Waals surface area contributed by atoms with Crippen LogP contribution in [0.25, 0.3) is 0 Å². The largest absolute Gasteiger partial charge is 0.313 e. The highest BCUT2D eigenvalue weighted by Crippen LogP contribution is 2.05. The average molecular weight is 272 g/mol. The Morgan fingerprint density at radius 3 is 2.60 bits per heavy atom. The highest BCUT2D eigenvalue weighted by Gasteiger charge is 1.91. The first kappa shape index (κ1) is 14.7. The highest BCUT2D eigenvalue weighted by molar-refractivity contribution is 9.11. The quantitative estimate of drug-likeness (QED) is 0.516. The summed E-state index contributed by atoms with van der Waals surface area (Å²) in [6, 6.07) is 0. The van der Waals surface area contributed by atoms with E-state index in [4.69, 9.17) is 0 Å². The van der Waals surface area contributed by atoms with Gasteiger partial charge in [0.1, 0.15) is 0 Å². The average Bonchev–Trinajstić information content (AvgIpc) is 2.22. The van der Waals surface area contributed by atoms with E-state index in [1.807, 2.05) is 6.08 Å². The Labute approximate surface area is 102 Å². The van der Waals surface area contributed by atoms with Gasteiger partial charge in [-0.1, -0.05) is 54.4 Å². The molecule has 0 amide bonds. The second-order valence-electron chi connectivity index (χ2n) is 3.53. The van der Waals surface area contributed by atoms with E-state index in [0.717, 1.165) is 17.6 Å². The SMILES string of the molecule is C=C(Br)/C=C\C(=C/C)CNCCCCC. The molecule has 0 heterocycles. The van der Waals surface area contributed by atoms with Gasteiger partial charge in [0.25, 0.3) is 0 Å². The van der Waals surface area contributed by atoms with E-state index in [2.05, 4.69) is 53.8 Å². The molecule has 0 aliphatic carbocycles. The van der Waals surface area contributed by atoms with Gasteiger partial charge in [-0.25, -0.2) is 0 Å². The lowest BCUT2D eigenvalue weighted by atomic mass is 10.2. The van der Waals surface area contributed by atoms with Gasteiger partial charge in [0, 0.05) is 11.0 Å². The van der Waals surface area contributed by atoms with E-state index in [9.17, 15) is 0 Å². The third-order valence-electron chi connectivity index (χ3n) is 2.14. The molecule has 2 heteroatoms. The molecule has 0 unspecified atom stereocenters. The van der Waals surface area contributed by atoms with Crippen molar-refractivity contribution >= 4 is 15.9 Å². The number of nitrogens with one attached hydrogen (secondary N) is 1. The Morgan fingerprint density at radius 1 is 1.33 bits per heavy atom. The number of hydrogen-bond donors (Lipinski definition) is 1. The summed E-state index contributed by atoms with van der Waals surface area (Å²) in [4.78, 5) is 0. The Kier molecular flexibility index (Phi) is 9.96. The van der Waals surface area contributed by atoms with Gasteiger partial charge in [-0.15, -0.1) is 0 Å². The second-order valence-corrected chi connectivity index (χ2v) is 4.55. The lowest BCUT2D eigenvalue weighted by Gasteiger charge is -2.04. The maximum Gasteiger partial charge on any atom is 0.0202 e. The van der Waals surface area contributed by atoms with Crippen LogP contribution in [0.15, 0.2) is 34.9 Å². The van der Waals surface area contributed by atoms with Crippen molar-refractivity contribution in [2.24, 2.45) is 0 Å². The molecule has 1 nitrogen and oxygen atoms in total. The standard InChI is InChI=1S/C13H22BrN/c1-4-6-7-10-15-11-13(5-2)9-8-12(3)14/h5,8-9,15H,3-4,6-7,10-11H2,1-2H3/b9-8-,13-5+. The third-order valence-corrected chi connectivity index (χ3v) is 2.40. The van der Waals surface area contributed by atoms with E-state index >= 15 is 0 Å². The van der Waals surface area contributed by atoms with Gasteiger partial charge < -0.3 is 5.32 Å². The molecule has 15 heavy (non-hydrogen) atoms. The first-order chi connectivity index (χ1) is 7.20. The molecule has 0 spiro atoms. The molecule has 1 N–H and O–H groups in total. The number of unbranched alkanes of at least 4 members (excludes halogenated alkanes) is 2. The monoisotopic (exact) mass is 271 g/mol. The van der Waals surface area contributed by atoms with Crippen molar-refractivity contribution in [3.63, 3.8) is 0 Å². The fourth-order valence-electron chi connectivity index (χ4n) is 1.19. The first-order valence-corrected chi connectivity index (χ1v) is 6.38. The molecule has 0 atom stereocenters. The first-order valence-electron chi connectivity index (χ1n) is 5.59. The van der Waals surface area contributed by atoms with Crippen LogP contribution in [0.2, 0.25) is 0 Å². The highest BCUT2D eigenvalue weighted by atomic mass is 79.9. The van der Waals surface area contributed by atoms with E-state index in [0.29, 0.717) is 0 Å². The van der Waals surface area contributed by atoms with Crippen molar-refractivity contribution in [3.05, 3.63) is 34.9 Å². The van der Waals surface area contributed by atoms with Crippen molar-refractivity contribution in [3.8, 4) is 0 Å². The molecule has 0 aromatic carbocycles. The van der Waals surface area contributed by atoms with Crippen molar-refractivity contribution in [2.75, 3.05) is 13.1 Å². The fraction of sp³-hybridized carbons (Fsp3) is 0.538. The van der Waals surface area contributed by atoms with Gasteiger partial charge in [0.15, 0.2) is 0 Å². The maximum absolute atomic E-state index is 3.76. The predicted molar refractivity (Wildman–Crippen MR) is 73.4 cm³/mol. The third kappa shape index (κ3) is 9.95. The van der Waals surface area contributed by atoms with Crippen molar-refractivity contribution in [1.29, 1.82) is 0 Å². The molecule has 0 radical (unpaired) electrons. The van der Waals surface area contributed by atoms with Crippen molar-refractivity contribution in [2.45, 2.75) is 33.1 Å². The number of rotatable bonds is 8. The summed E-state index contributed by atoms with van der Waals surface area (Å²) in [6.45, 7) is 10.1. The van der Waals surface area contributed by atoms with E-state index in [1.165, 1.54) is 24.8 Å². The van der Waals surface area contributed by atoms with E-state index < -0.39 is 0 Å². The minimum absolute atomic E-state index is 0.910. The van der Waals surface area contributed by atoms with Crippen molar-refractivity contribution in [1.82, 2.24) is 5.32 Å². The van der Waals surface area contributed by atoms with Crippen LogP contribution in [0.5, 0.6) is 0 Å². The molecule has 0 aromatic rings. The van der Waals surface area contributed by atoms with Gasteiger partial charge in [-0.2, -0.15) is 0 Å². The molecule has 0 saturated carbocycles. The summed E-state index contributed by atoms with van der Waals surface area (Å²) in [5.41, 5.74) is 1.30. The molecular formula is C13H22BrN. The Morgan fingerprint density at radius 2 is 2.07 bits per heavy atom. The molecule has 0 saturated heterocycles. The lowest BCUT2D eigenvalue weighted by Crippen LogP contribution is -2.17. The summed E-state index contributed by atoms with van der Waals surface area (Å²) in [5, 5.41) is 3.43. The number of halogens is 1. The van der Waals surface area contributed by atoms with Gasteiger partial charge >= 0.3 is 0 Å². The van der Waals surface area contributed by atoms with Crippen LogP contribution in [0, 0.1) is 0 Å². The summed E-state index contributed by atoms with van der Waals surface area (Å²) in [6.07, 6.45) is 10.0. The Bertz CT molecular complexity index is 229. The summed E-state index contributed by atoms with van der Waals surface area (Å²) in [5.74, 6) is 0. The van der Waals surface area contributed by atoms with Crippen LogP contribution < -0.4 is 5.32 Å². The minimum atomic E-state index is 0.910. The number of hydrogen-bond acceptors (Lipinski definition) is 1. The minimum Gasteiger partial charge on any atom is -0.313 e. The second kappa shape index (κ2) is 10.2. The van der Waals surface area contributed by atoms with Crippen molar-refractivity contribution < 1.29 is 0 Å². The molecule has 0 aliphatic heterocycles. The fourth-order valence-corrected chi connectivity index (χ4v) is 1.32. The summed E-state index contributed by atoms with van der Waals surface area (Å²) >= 11 is 3.31. The van der Waals surface area contributed by atoms with Gasteiger partial charge in [-0.3, -0.25) is 0 Å². The zero-order valence-corrected chi connectivity index (χ0v) is 11.4. The van der Waals surface area contributed by atoms with E-state index in [-0.39, 0.29) is 0 Å². The van der Waals surface area contributed by atoms with Crippen LogP contribution in [0.4, 0.5) is 0 Å². The van der Waals surface area contributed by atoms with Crippen LogP contribution in [-0.2, 0) is 0 Å². The van der Waals surface area contributed by atoms with Crippen LogP contribution in [0.1, 0.15) is 33.1 Å². The van der Waals surface area contributed by atoms with Crippen LogP contribution in [0.3, 0.4) is 0 Å². The topological polar surface area (TPSA) is 12.0 Å². The number of allylic oxidation sites excluding steroid dienone is 3. The smallest absolute Gasteiger partial charge is 0.0202 e. The molecule has 0 fully saturated rings. The molecule has 0 rings (SSSR count). The molecule has 86 valence electrons. The lowest BCUT2D eigenvalue weighted by molar-refractivity contribution is 0.642. The van der Waals surface area contributed by atoms with Gasteiger partial charge in [0.2, 0.25) is 0 Å². The Balaban J connectivity index is 3.68. The van der Waals surface area contributed by atoms with E-state index in [1.54, 1.807) is 0 Å². The van der Waals surface area contributed by atoms with Gasteiger partial charge in [-0.05, 0) is 31.5 Å². The zero-order valence-electron chi connectivity index (χ0n) is 9.85. The molecule has 0 aliphatic rings. The maximum atomic E-state index is 3.76. The molecule has 0 bridgehead atoms. The van der Waals surface area contributed by atoms with Gasteiger partial charge in [0.05, 0.1) is 0 Å². The summed E-state index contributed by atoms with van der Waals surface area (Å²) in [7, 11) is 0. The predicted octanol–water partition coefficient (Wildman–Crippen LogP) is 4.18. The zero-order chi connectivity index (χ0) is 11.5. The Hall–Kier alpha value is -0.340. The molecule has 0 aromatic heterocycles. The normalized spacial score (nSPS) is 12.3. The van der Waals surface area contributed by atoms with Crippen LogP contribution in [-0.4, -0.2) is 13.1 Å². The summed E-state index contributed by atoms with van der Waals surface area (Å²) < 4.78 is 0.910. The van der Waals surface area contributed by atoms with Crippen LogP contribution >= 0.6 is 15.9 Å². The molecular weight excluding hydrogens is 250 g/mol.